The minimum Gasteiger partial charge on any atom is -0.336 e. The summed E-state index contributed by atoms with van der Waals surface area (Å²) >= 11 is 0. The largest absolute Gasteiger partial charge is 0.336 e. The van der Waals surface area contributed by atoms with Crippen LogP contribution in [0.3, 0.4) is 0 Å². The van der Waals surface area contributed by atoms with Crippen LogP contribution in [0.15, 0.2) is 30.6 Å². The summed E-state index contributed by atoms with van der Waals surface area (Å²) in [6.07, 6.45) is 2.99. The van der Waals surface area contributed by atoms with Gasteiger partial charge in [0.2, 0.25) is 11.8 Å². The minimum atomic E-state index is -1.34. The predicted octanol–water partition coefficient (Wildman–Crippen LogP) is 2.12. The van der Waals surface area contributed by atoms with E-state index >= 15 is 0 Å². The van der Waals surface area contributed by atoms with E-state index in [2.05, 4.69) is 26.5 Å². The molecule has 3 heterocycles. The van der Waals surface area contributed by atoms with Gasteiger partial charge >= 0.3 is 0 Å². The first-order valence-electron chi connectivity index (χ1n) is 11.7. The van der Waals surface area contributed by atoms with E-state index in [1.54, 1.807) is 31.5 Å². The molecule has 2 aliphatic rings. The Morgan fingerprint density at radius 2 is 1.94 bits per heavy atom. The first kappa shape index (κ1) is 23.5. The van der Waals surface area contributed by atoms with E-state index in [0.29, 0.717) is 29.6 Å². The topological polar surface area (TPSA) is 134 Å². The molecule has 1 saturated carbocycles. The molecule has 1 aliphatic heterocycles. The van der Waals surface area contributed by atoms with Gasteiger partial charge in [-0.15, -0.1) is 0 Å². The Bertz CT molecular complexity index is 1420. The van der Waals surface area contributed by atoms with Gasteiger partial charge in [-0.3, -0.25) is 19.1 Å². The SMILES string of the molecule is CC(=O)c1nn(CC(=O)N2C[C@H](F)C[C@H]2C(=O)NC2(C#N)CC2)c2ccc(-c3cnc(C)nc3)cc12. The van der Waals surface area contributed by atoms with Crippen LogP contribution < -0.4 is 5.32 Å². The molecule has 2 amide bonds. The van der Waals surface area contributed by atoms with Gasteiger partial charge in [-0.05, 0) is 37.5 Å². The highest BCUT2D eigenvalue weighted by atomic mass is 19.1. The molecule has 10 nitrogen and oxygen atoms in total. The molecule has 0 bridgehead atoms. The summed E-state index contributed by atoms with van der Waals surface area (Å²) in [7, 11) is 0. The molecule has 1 saturated heterocycles. The third-order valence-electron chi connectivity index (χ3n) is 6.68. The fourth-order valence-corrected chi connectivity index (χ4v) is 4.52. The van der Waals surface area contributed by atoms with Crippen molar-refractivity contribution < 1.29 is 18.8 Å². The number of nitrogens with one attached hydrogen (secondary N) is 1. The maximum atomic E-state index is 14.3. The summed E-state index contributed by atoms with van der Waals surface area (Å²) in [6.45, 7) is 2.70. The van der Waals surface area contributed by atoms with E-state index in [0.717, 1.165) is 11.1 Å². The molecular weight excluding hydrogens is 465 g/mol. The number of rotatable bonds is 6. The van der Waals surface area contributed by atoms with Crippen molar-refractivity contribution in [2.45, 2.75) is 57.4 Å². The van der Waals surface area contributed by atoms with Gasteiger partial charge in [0.1, 0.15) is 35.8 Å². The minimum absolute atomic E-state index is 0.125. The molecule has 2 fully saturated rings. The third kappa shape index (κ3) is 4.30. The van der Waals surface area contributed by atoms with Crippen LogP contribution in [-0.2, 0) is 16.1 Å². The fourth-order valence-electron chi connectivity index (χ4n) is 4.52. The summed E-state index contributed by atoms with van der Waals surface area (Å²) in [5.41, 5.74) is 1.42. The van der Waals surface area contributed by atoms with Crippen LogP contribution in [0.4, 0.5) is 4.39 Å². The second kappa shape index (κ2) is 8.78. The van der Waals surface area contributed by atoms with E-state index in [1.807, 2.05) is 6.07 Å². The molecule has 0 radical (unpaired) electrons. The normalized spacial score (nSPS) is 20.2. The summed E-state index contributed by atoms with van der Waals surface area (Å²) in [4.78, 5) is 47.9. The standard InChI is InChI=1S/C25H24FN7O3/c1-14(34)23-19-7-16(17-9-28-15(2)29-10-17)3-4-20(19)33(31-23)12-22(35)32-11-18(26)8-21(32)24(36)30-25(13-27)5-6-25/h3-4,7,9-10,18,21H,5-6,8,11-12H2,1-2H3,(H,30,36)/t18-,21+/m1/s1. The number of aromatic nitrogens is 4. The Morgan fingerprint density at radius 1 is 1.22 bits per heavy atom. The van der Waals surface area contributed by atoms with E-state index < -0.39 is 29.6 Å². The number of nitrogens with zero attached hydrogens (tertiary/aromatic N) is 6. The van der Waals surface area contributed by atoms with Gasteiger partial charge in [0.15, 0.2) is 5.78 Å². The Morgan fingerprint density at radius 3 is 2.58 bits per heavy atom. The number of amides is 2. The molecule has 2 aromatic heterocycles. The lowest BCUT2D eigenvalue weighted by Crippen LogP contribution is -2.50. The van der Waals surface area contributed by atoms with Gasteiger partial charge in [-0.1, -0.05) is 6.07 Å². The van der Waals surface area contributed by atoms with Crippen molar-refractivity contribution in [3.05, 3.63) is 42.1 Å². The zero-order valence-electron chi connectivity index (χ0n) is 19.9. The van der Waals surface area contributed by atoms with E-state index in [4.69, 9.17) is 0 Å². The summed E-state index contributed by atoms with van der Waals surface area (Å²) < 4.78 is 15.7. The van der Waals surface area contributed by atoms with Gasteiger partial charge in [-0.25, -0.2) is 14.4 Å². The van der Waals surface area contributed by atoms with Crippen molar-refractivity contribution >= 4 is 28.5 Å². The third-order valence-corrected chi connectivity index (χ3v) is 6.68. The lowest BCUT2D eigenvalue weighted by atomic mass is 10.0. The van der Waals surface area contributed by atoms with Gasteiger partial charge in [0.25, 0.3) is 0 Å². The molecule has 0 unspecified atom stereocenters. The Labute approximate surface area is 206 Å². The maximum absolute atomic E-state index is 14.3. The first-order chi connectivity index (χ1) is 17.2. The number of alkyl halides is 1. The number of ketones is 1. The molecule has 1 aromatic carbocycles. The lowest BCUT2D eigenvalue weighted by Gasteiger charge is -2.24. The monoisotopic (exact) mass is 489 g/mol. The van der Waals surface area contributed by atoms with Crippen LogP contribution in [0, 0.1) is 18.3 Å². The van der Waals surface area contributed by atoms with Gasteiger partial charge in [0, 0.05) is 36.7 Å². The number of halogens is 1. The highest BCUT2D eigenvalue weighted by Crippen LogP contribution is 2.35. The quantitative estimate of drug-likeness (QED) is 0.524. The number of hydrogen-bond donors (Lipinski definition) is 1. The summed E-state index contributed by atoms with van der Waals surface area (Å²) in [6, 6.07) is 6.45. The van der Waals surface area contributed by atoms with Crippen LogP contribution in [0.2, 0.25) is 0 Å². The molecule has 11 heteroatoms. The molecule has 2 atom stereocenters. The van der Waals surface area contributed by atoms with Crippen molar-refractivity contribution in [3.63, 3.8) is 0 Å². The number of fused-ring (bicyclic) bond motifs is 1. The average Bonchev–Trinajstić information content (AvgIpc) is 3.37. The van der Waals surface area contributed by atoms with Gasteiger partial charge in [0.05, 0.1) is 18.1 Å². The highest BCUT2D eigenvalue weighted by Gasteiger charge is 2.48. The number of hydrogen-bond acceptors (Lipinski definition) is 7. The fraction of sp³-hybridized carbons (Fsp3) is 0.400. The van der Waals surface area contributed by atoms with Crippen LogP contribution >= 0.6 is 0 Å². The molecule has 1 N–H and O–H groups in total. The van der Waals surface area contributed by atoms with E-state index in [1.165, 1.54) is 16.5 Å². The first-order valence-corrected chi connectivity index (χ1v) is 11.7. The second-order valence-electron chi connectivity index (χ2n) is 9.39. The molecule has 3 aromatic rings. The Hall–Kier alpha value is -4.20. The molecule has 36 heavy (non-hydrogen) atoms. The maximum Gasteiger partial charge on any atom is 0.245 e. The van der Waals surface area contributed by atoms with Crippen molar-refractivity contribution in [3.8, 4) is 17.2 Å². The number of nitriles is 1. The van der Waals surface area contributed by atoms with E-state index in [-0.39, 0.29) is 31.0 Å². The summed E-state index contributed by atoms with van der Waals surface area (Å²) in [5, 5.41) is 16.9. The Kier molecular flexibility index (Phi) is 5.74. The number of aryl methyl sites for hydroxylation is 1. The van der Waals surface area contributed by atoms with Crippen molar-refractivity contribution in [1.29, 1.82) is 5.26 Å². The van der Waals surface area contributed by atoms with Gasteiger partial charge in [-0.2, -0.15) is 10.4 Å². The lowest BCUT2D eigenvalue weighted by molar-refractivity contribution is -0.139. The smallest absolute Gasteiger partial charge is 0.245 e. The molecule has 0 spiro atoms. The zero-order valence-corrected chi connectivity index (χ0v) is 19.9. The van der Waals surface area contributed by atoms with Crippen molar-refractivity contribution in [2.24, 2.45) is 0 Å². The van der Waals surface area contributed by atoms with Crippen LogP contribution in [0.5, 0.6) is 0 Å². The molecule has 5 rings (SSSR count). The molecule has 184 valence electrons. The number of Topliss-reactive ketones (excluding diaryl/α,β-unsaturated/α-hetero) is 1. The van der Waals surface area contributed by atoms with Crippen LogP contribution in [-0.4, -0.2) is 66.5 Å². The molecule has 1 aliphatic carbocycles. The van der Waals surface area contributed by atoms with E-state index in [9.17, 15) is 24.0 Å². The summed E-state index contributed by atoms with van der Waals surface area (Å²) in [5.74, 6) is -0.646. The number of benzene rings is 1. The second-order valence-corrected chi connectivity index (χ2v) is 9.39. The zero-order chi connectivity index (χ0) is 25.6. The number of likely N-dealkylation sites (tertiary alicyclic amines) is 1. The average molecular weight is 490 g/mol. The Balaban J connectivity index is 1.42. The highest BCUT2D eigenvalue weighted by molar-refractivity contribution is 6.06. The molecular formula is C25H24FN7O3. The predicted molar refractivity (Wildman–Crippen MR) is 126 cm³/mol. The van der Waals surface area contributed by atoms with Crippen molar-refractivity contribution in [2.75, 3.05) is 6.54 Å². The number of carbonyl (C=O) groups excluding carboxylic acids is 3. The van der Waals surface area contributed by atoms with Crippen molar-refractivity contribution in [1.82, 2.24) is 30.0 Å². The van der Waals surface area contributed by atoms with Crippen LogP contribution in [0.1, 0.15) is 42.5 Å². The number of carbonyl (C=O) groups is 3. The van der Waals surface area contributed by atoms with Crippen LogP contribution in [0.25, 0.3) is 22.0 Å². The van der Waals surface area contributed by atoms with Gasteiger partial charge < -0.3 is 10.2 Å².